The molecule has 0 bridgehead atoms. The molecule has 0 radical (unpaired) electrons. The first-order valence-corrected chi connectivity index (χ1v) is 6.36. The van der Waals surface area contributed by atoms with E-state index in [9.17, 15) is 4.79 Å². The van der Waals surface area contributed by atoms with Crippen molar-refractivity contribution in [3.8, 4) is 12.3 Å². The fraction of sp³-hybridized carbons (Fsp3) is 0.769. The second-order valence-corrected chi connectivity index (χ2v) is 4.61. The molecule has 0 saturated carbocycles. The van der Waals surface area contributed by atoms with E-state index in [-0.39, 0.29) is 11.9 Å². The van der Waals surface area contributed by atoms with Gasteiger partial charge in [0.2, 0.25) is 5.91 Å². The van der Waals surface area contributed by atoms with Crippen molar-refractivity contribution in [2.24, 2.45) is 5.73 Å². The van der Waals surface area contributed by atoms with Crippen molar-refractivity contribution in [2.75, 3.05) is 32.7 Å². The second kappa shape index (κ2) is 7.31. The number of rotatable bonds is 5. The molecule has 1 saturated heterocycles. The maximum absolute atomic E-state index is 11.9. The van der Waals surface area contributed by atoms with Crippen molar-refractivity contribution in [1.82, 2.24) is 9.80 Å². The number of carbonyl (C=O) groups excluding carboxylic acids is 1. The van der Waals surface area contributed by atoms with Crippen LogP contribution in [0, 0.1) is 12.3 Å². The van der Waals surface area contributed by atoms with Crippen LogP contribution in [-0.2, 0) is 4.79 Å². The SMILES string of the molecule is C#CCN1CCN(C(=O)CC(N)CCC)CC1. The van der Waals surface area contributed by atoms with E-state index in [1.807, 2.05) is 4.90 Å². The number of nitrogens with zero attached hydrogens (tertiary/aromatic N) is 2. The van der Waals surface area contributed by atoms with Gasteiger partial charge < -0.3 is 10.6 Å². The van der Waals surface area contributed by atoms with Crippen molar-refractivity contribution < 1.29 is 4.79 Å². The minimum atomic E-state index is 0.0104. The van der Waals surface area contributed by atoms with E-state index in [4.69, 9.17) is 12.2 Å². The largest absolute Gasteiger partial charge is 0.340 e. The highest BCUT2D eigenvalue weighted by Gasteiger charge is 2.21. The predicted octanol–water partition coefficient (Wildman–Crippen LogP) is 0.281. The summed E-state index contributed by atoms with van der Waals surface area (Å²) in [5, 5.41) is 0. The minimum Gasteiger partial charge on any atom is -0.340 e. The van der Waals surface area contributed by atoms with Crippen molar-refractivity contribution in [3.63, 3.8) is 0 Å². The Morgan fingerprint density at radius 1 is 1.41 bits per heavy atom. The lowest BCUT2D eigenvalue weighted by Crippen LogP contribution is -2.49. The van der Waals surface area contributed by atoms with Gasteiger partial charge in [-0.05, 0) is 6.42 Å². The van der Waals surface area contributed by atoms with Crippen molar-refractivity contribution in [3.05, 3.63) is 0 Å². The molecule has 2 N–H and O–H groups in total. The second-order valence-electron chi connectivity index (χ2n) is 4.61. The lowest BCUT2D eigenvalue weighted by molar-refractivity contribution is -0.133. The van der Waals surface area contributed by atoms with Gasteiger partial charge in [0.1, 0.15) is 0 Å². The lowest BCUT2D eigenvalue weighted by atomic mass is 10.1. The highest BCUT2D eigenvalue weighted by atomic mass is 16.2. The first kappa shape index (κ1) is 14.0. The fourth-order valence-electron chi connectivity index (χ4n) is 2.11. The number of hydrogen-bond donors (Lipinski definition) is 1. The summed E-state index contributed by atoms with van der Waals surface area (Å²) < 4.78 is 0. The van der Waals surface area contributed by atoms with Gasteiger partial charge in [-0.1, -0.05) is 19.3 Å². The van der Waals surface area contributed by atoms with E-state index < -0.39 is 0 Å². The average molecular weight is 237 g/mol. The third-order valence-electron chi connectivity index (χ3n) is 3.14. The average Bonchev–Trinajstić information content (AvgIpc) is 2.30. The summed E-state index contributed by atoms with van der Waals surface area (Å²) in [5.74, 6) is 2.82. The van der Waals surface area contributed by atoms with E-state index in [1.165, 1.54) is 0 Å². The van der Waals surface area contributed by atoms with E-state index in [0.29, 0.717) is 13.0 Å². The quantitative estimate of drug-likeness (QED) is 0.699. The third kappa shape index (κ3) is 4.76. The van der Waals surface area contributed by atoms with Gasteiger partial charge in [-0.3, -0.25) is 9.69 Å². The highest BCUT2D eigenvalue weighted by Crippen LogP contribution is 2.06. The number of piperazine rings is 1. The Morgan fingerprint density at radius 2 is 2.06 bits per heavy atom. The summed E-state index contributed by atoms with van der Waals surface area (Å²) >= 11 is 0. The van der Waals surface area contributed by atoms with Crippen LogP contribution < -0.4 is 5.73 Å². The predicted molar refractivity (Wildman–Crippen MR) is 69.4 cm³/mol. The zero-order valence-electron chi connectivity index (χ0n) is 10.7. The molecule has 1 aliphatic heterocycles. The van der Waals surface area contributed by atoms with Crippen molar-refractivity contribution >= 4 is 5.91 Å². The van der Waals surface area contributed by atoms with Crippen LogP contribution >= 0.6 is 0 Å². The fourth-order valence-corrected chi connectivity index (χ4v) is 2.11. The molecular weight excluding hydrogens is 214 g/mol. The monoisotopic (exact) mass is 237 g/mol. The molecule has 1 fully saturated rings. The normalized spacial score (nSPS) is 18.8. The smallest absolute Gasteiger partial charge is 0.224 e. The van der Waals surface area contributed by atoms with Crippen LogP contribution in [0.3, 0.4) is 0 Å². The Bertz CT molecular complexity index is 277. The molecule has 1 aliphatic rings. The topological polar surface area (TPSA) is 49.6 Å². The molecule has 0 aromatic heterocycles. The molecule has 1 rings (SSSR count). The van der Waals surface area contributed by atoms with Crippen LogP contribution in [0.2, 0.25) is 0 Å². The van der Waals surface area contributed by atoms with Crippen LogP contribution in [0.15, 0.2) is 0 Å². The lowest BCUT2D eigenvalue weighted by Gasteiger charge is -2.34. The van der Waals surface area contributed by atoms with Crippen LogP contribution in [0.1, 0.15) is 26.2 Å². The molecule has 0 aromatic carbocycles. The summed E-state index contributed by atoms with van der Waals surface area (Å²) in [6, 6.07) is 0.0104. The number of amides is 1. The van der Waals surface area contributed by atoms with Gasteiger partial charge in [-0.2, -0.15) is 0 Å². The molecule has 0 spiro atoms. The van der Waals surface area contributed by atoms with Crippen LogP contribution in [0.5, 0.6) is 0 Å². The van der Waals surface area contributed by atoms with Gasteiger partial charge in [-0.25, -0.2) is 0 Å². The highest BCUT2D eigenvalue weighted by molar-refractivity contribution is 5.76. The molecule has 17 heavy (non-hydrogen) atoms. The third-order valence-corrected chi connectivity index (χ3v) is 3.14. The first-order chi connectivity index (χ1) is 8.17. The molecule has 0 aromatic rings. The van der Waals surface area contributed by atoms with Crippen LogP contribution in [0.4, 0.5) is 0 Å². The van der Waals surface area contributed by atoms with Crippen molar-refractivity contribution in [2.45, 2.75) is 32.2 Å². The van der Waals surface area contributed by atoms with Gasteiger partial charge in [0.05, 0.1) is 6.54 Å². The van der Waals surface area contributed by atoms with E-state index in [0.717, 1.165) is 39.0 Å². The van der Waals surface area contributed by atoms with E-state index >= 15 is 0 Å². The standard InChI is InChI=1S/C13H23N3O/c1-3-5-12(14)11-13(17)16-9-7-15(6-4-2)8-10-16/h2,12H,3,5-11,14H2,1H3. The summed E-state index contributed by atoms with van der Waals surface area (Å²) in [7, 11) is 0. The van der Waals surface area contributed by atoms with Gasteiger partial charge >= 0.3 is 0 Å². The Morgan fingerprint density at radius 3 is 2.59 bits per heavy atom. The van der Waals surface area contributed by atoms with Gasteiger partial charge in [0.25, 0.3) is 0 Å². The molecule has 4 nitrogen and oxygen atoms in total. The summed E-state index contributed by atoms with van der Waals surface area (Å²) in [6.45, 7) is 6.07. The molecular formula is C13H23N3O. The molecule has 1 heterocycles. The maximum Gasteiger partial charge on any atom is 0.224 e. The molecule has 4 heteroatoms. The zero-order chi connectivity index (χ0) is 12.7. The van der Waals surface area contributed by atoms with Gasteiger partial charge in [0.15, 0.2) is 0 Å². The van der Waals surface area contributed by atoms with Gasteiger partial charge in [0, 0.05) is 38.6 Å². The van der Waals surface area contributed by atoms with Crippen LogP contribution in [-0.4, -0.2) is 54.5 Å². The Hall–Kier alpha value is -1.05. The number of carbonyl (C=O) groups is 1. The van der Waals surface area contributed by atoms with Crippen molar-refractivity contribution in [1.29, 1.82) is 0 Å². The van der Waals surface area contributed by atoms with E-state index in [1.54, 1.807) is 0 Å². The Balaban J connectivity index is 2.28. The number of hydrogen-bond acceptors (Lipinski definition) is 3. The molecule has 1 unspecified atom stereocenters. The molecule has 1 amide bonds. The van der Waals surface area contributed by atoms with Crippen LogP contribution in [0.25, 0.3) is 0 Å². The van der Waals surface area contributed by atoms with Gasteiger partial charge in [-0.15, -0.1) is 6.42 Å². The summed E-state index contributed by atoms with van der Waals surface area (Å²) in [5.41, 5.74) is 5.88. The maximum atomic E-state index is 11.9. The summed E-state index contributed by atoms with van der Waals surface area (Å²) in [4.78, 5) is 16.0. The zero-order valence-corrected chi connectivity index (χ0v) is 10.7. The summed E-state index contributed by atoms with van der Waals surface area (Å²) in [6.07, 6.45) is 7.69. The Labute approximate surface area is 104 Å². The molecule has 0 aliphatic carbocycles. The number of nitrogens with two attached hydrogens (primary N) is 1. The number of terminal acetylenes is 1. The molecule has 1 atom stereocenters. The Kier molecular flexibility index (Phi) is 6.03. The van der Waals surface area contributed by atoms with E-state index in [2.05, 4.69) is 17.7 Å². The minimum absolute atomic E-state index is 0.0104. The first-order valence-electron chi connectivity index (χ1n) is 6.36. The molecule has 96 valence electrons.